The van der Waals surface area contributed by atoms with Crippen molar-refractivity contribution in [2.75, 3.05) is 4.90 Å². The van der Waals surface area contributed by atoms with Gasteiger partial charge in [-0.05, 0) is 131 Å². The zero-order chi connectivity index (χ0) is 47.5. The number of hydrogen-bond donors (Lipinski definition) is 0. The molecule has 2 aliphatic rings. The van der Waals surface area contributed by atoms with E-state index in [1.165, 1.54) is 100 Å². The highest BCUT2D eigenvalue weighted by molar-refractivity contribution is 6.02. The summed E-state index contributed by atoms with van der Waals surface area (Å²) >= 11 is 0. The van der Waals surface area contributed by atoms with Gasteiger partial charge in [0.15, 0.2) is 0 Å². The number of anilines is 3. The lowest BCUT2D eigenvalue weighted by Crippen LogP contribution is -2.28. The molecule has 11 aromatic carbocycles. The summed E-state index contributed by atoms with van der Waals surface area (Å²) < 4.78 is 0. The second-order valence-corrected chi connectivity index (χ2v) is 19.6. The molecule has 0 aliphatic heterocycles. The first-order chi connectivity index (χ1) is 35.0. The first-order valence-electron chi connectivity index (χ1n) is 24.8. The predicted octanol–water partition coefficient (Wildman–Crippen LogP) is 18.5. The van der Waals surface area contributed by atoms with E-state index in [4.69, 9.17) is 0 Å². The van der Waals surface area contributed by atoms with E-state index in [0.717, 1.165) is 17.1 Å². The average molecular weight is 906 g/mol. The SMILES string of the molecule is CC1(C)c2cc(-c3ccccc3)ccc2-c2ccc(N(c3ccc4c(c3)C(c3ccccc3)(c3ccccc3)c3ccccc3-4)c3cccc(-c4ccccc4)c3-c3ccccc3-c3ccccc3)cc21. The summed E-state index contributed by atoms with van der Waals surface area (Å²) in [6.45, 7) is 4.80. The van der Waals surface area contributed by atoms with Crippen LogP contribution >= 0.6 is 0 Å². The highest BCUT2D eigenvalue weighted by atomic mass is 15.1. The van der Waals surface area contributed by atoms with Crippen LogP contribution in [0.15, 0.2) is 273 Å². The Morgan fingerprint density at radius 2 is 0.690 bits per heavy atom. The van der Waals surface area contributed by atoms with Gasteiger partial charge in [-0.15, -0.1) is 0 Å². The maximum atomic E-state index is 2.56. The largest absolute Gasteiger partial charge is 0.310 e. The van der Waals surface area contributed by atoms with Crippen LogP contribution in [0.5, 0.6) is 0 Å². The zero-order valence-corrected chi connectivity index (χ0v) is 39.9. The van der Waals surface area contributed by atoms with Crippen molar-refractivity contribution in [2.24, 2.45) is 0 Å². The van der Waals surface area contributed by atoms with Crippen molar-refractivity contribution in [3.05, 3.63) is 306 Å². The molecule has 0 N–H and O–H groups in total. The molecule has 0 amide bonds. The van der Waals surface area contributed by atoms with Crippen molar-refractivity contribution < 1.29 is 0 Å². The number of rotatable bonds is 9. The summed E-state index contributed by atoms with van der Waals surface area (Å²) in [6, 6.07) is 101. The van der Waals surface area contributed by atoms with Gasteiger partial charge in [0.25, 0.3) is 0 Å². The van der Waals surface area contributed by atoms with Gasteiger partial charge in [-0.25, -0.2) is 0 Å². The lowest BCUT2D eigenvalue weighted by Gasteiger charge is -2.35. The van der Waals surface area contributed by atoms with Crippen molar-refractivity contribution in [2.45, 2.75) is 24.7 Å². The fourth-order valence-electron chi connectivity index (χ4n) is 12.1. The fourth-order valence-corrected chi connectivity index (χ4v) is 12.1. The highest BCUT2D eigenvalue weighted by Crippen LogP contribution is 2.59. The number of nitrogens with zero attached hydrogens (tertiary/aromatic N) is 1. The highest BCUT2D eigenvalue weighted by Gasteiger charge is 2.46. The maximum absolute atomic E-state index is 2.56. The predicted molar refractivity (Wildman–Crippen MR) is 298 cm³/mol. The molecule has 1 heteroatoms. The van der Waals surface area contributed by atoms with Crippen molar-refractivity contribution in [1.29, 1.82) is 0 Å². The molecule has 336 valence electrons. The third-order valence-corrected chi connectivity index (χ3v) is 15.4. The Morgan fingerprint density at radius 3 is 1.30 bits per heavy atom. The molecule has 0 saturated heterocycles. The van der Waals surface area contributed by atoms with Gasteiger partial charge >= 0.3 is 0 Å². The van der Waals surface area contributed by atoms with Crippen LogP contribution in [0.4, 0.5) is 17.1 Å². The van der Waals surface area contributed by atoms with Crippen molar-refractivity contribution in [3.63, 3.8) is 0 Å². The summed E-state index contributed by atoms with van der Waals surface area (Å²) in [5.74, 6) is 0. The summed E-state index contributed by atoms with van der Waals surface area (Å²) in [7, 11) is 0. The first-order valence-corrected chi connectivity index (χ1v) is 24.8. The minimum Gasteiger partial charge on any atom is -0.310 e. The van der Waals surface area contributed by atoms with Gasteiger partial charge in [-0.1, -0.05) is 250 Å². The van der Waals surface area contributed by atoms with E-state index in [2.05, 4.69) is 292 Å². The second kappa shape index (κ2) is 17.0. The molecule has 0 saturated carbocycles. The molecule has 0 spiro atoms. The minimum atomic E-state index is -0.567. The molecule has 13 rings (SSSR count). The third-order valence-electron chi connectivity index (χ3n) is 15.4. The quantitative estimate of drug-likeness (QED) is 0.139. The molecule has 0 bridgehead atoms. The molecular weight excluding hydrogens is 855 g/mol. The first kappa shape index (κ1) is 42.3. The van der Waals surface area contributed by atoms with Gasteiger partial charge in [0.2, 0.25) is 0 Å². The molecule has 0 atom stereocenters. The number of hydrogen-bond acceptors (Lipinski definition) is 1. The Labute approximate surface area is 417 Å². The van der Waals surface area contributed by atoms with Crippen molar-refractivity contribution >= 4 is 17.1 Å². The number of benzene rings is 11. The molecule has 71 heavy (non-hydrogen) atoms. The normalized spacial score (nSPS) is 13.4. The van der Waals surface area contributed by atoms with Crippen LogP contribution in [0.3, 0.4) is 0 Å². The summed E-state index contributed by atoms with van der Waals surface area (Å²) in [5, 5.41) is 0. The lowest BCUT2D eigenvalue weighted by atomic mass is 9.67. The van der Waals surface area contributed by atoms with Gasteiger partial charge in [0.1, 0.15) is 0 Å². The molecule has 1 nitrogen and oxygen atoms in total. The topological polar surface area (TPSA) is 3.24 Å². The van der Waals surface area contributed by atoms with Crippen LogP contribution in [0.2, 0.25) is 0 Å². The molecular formula is C70H51N. The molecule has 0 radical (unpaired) electrons. The van der Waals surface area contributed by atoms with Gasteiger partial charge < -0.3 is 4.90 Å². The average Bonchev–Trinajstić information content (AvgIpc) is 3.86. The molecule has 11 aromatic rings. The Balaban J connectivity index is 1.10. The van der Waals surface area contributed by atoms with Crippen LogP contribution in [0, 0.1) is 0 Å². The summed E-state index contributed by atoms with van der Waals surface area (Å²) in [4.78, 5) is 2.56. The Morgan fingerprint density at radius 1 is 0.268 bits per heavy atom. The maximum Gasteiger partial charge on any atom is 0.0714 e. The van der Waals surface area contributed by atoms with E-state index < -0.39 is 5.41 Å². The van der Waals surface area contributed by atoms with Crippen molar-refractivity contribution in [1.82, 2.24) is 0 Å². The molecule has 0 aromatic heterocycles. The summed E-state index contributed by atoms with van der Waals surface area (Å²) in [5.41, 5.74) is 24.9. The smallest absolute Gasteiger partial charge is 0.0714 e. The Hall–Kier alpha value is -8.78. The standard InChI is InChI=1S/C70H51N/c1-69(2)64-45-51(48-23-8-3-9-24-48)39-42-59(64)60-43-40-54(46-65(60)69)71(67-38-22-36-57(50-27-12-5-13-28-50)68(67)62-35-19-18-33-56(62)49-25-10-4-11-26-49)55-41-44-61-58-34-20-21-37-63(58)70(66(61)47-55,52-29-14-6-15-30-52)53-31-16-7-17-32-53/h3-47H,1-2H3. The minimum absolute atomic E-state index is 0.263. The lowest BCUT2D eigenvalue weighted by molar-refractivity contribution is 0.660. The van der Waals surface area contributed by atoms with Crippen LogP contribution < -0.4 is 4.90 Å². The van der Waals surface area contributed by atoms with E-state index >= 15 is 0 Å². The van der Waals surface area contributed by atoms with E-state index in [0.29, 0.717) is 0 Å². The van der Waals surface area contributed by atoms with Crippen molar-refractivity contribution in [3.8, 4) is 66.8 Å². The second-order valence-electron chi connectivity index (χ2n) is 19.6. The molecule has 0 unspecified atom stereocenters. The van der Waals surface area contributed by atoms with E-state index in [1.807, 2.05) is 0 Å². The van der Waals surface area contributed by atoms with Crippen LogP contribution in [0.1, 0.15) is 47.2 Å². The molecule has 2 aliphatic carbocycles. The van der Waals surface area contributed by atoms with Gasteiger partial charge in [0, 0.05) is 22.4 Å². The third kappa shape index (κ3) is 6.76. The Kier molecular flexibility index (Phi) is 10.1. The molecule has 0 fully saturated rings. The zero-order valence-electron chi connectivity index (χ0n) is 39.9. The Bertz CT molecular complexity index is 3720. The van der Waals surface area contributed by atoms with Gasteiger partial charge in [0.05, 0.1) is 11.1 Å². The van der Waals surface area contributed by atoms with Gasteiger partial charge in [-0.3, -0.25) is 0 Å². The van der Waals surface area contributed by atoms with E-state index in [1.54, 1.807) is 0 Å². The number of fused-ring (bicyclic) bond motifs is 6. The van der Waals surface area contributed by atoms with Crippen LogP contribution in [0.25, 0.3) is 66.8 Å². The van der Waals surface area contributed by atoms with Gasteiger partial charge in [-0.2, -0.15) is 0 Å². The monoisotopic (exact) mass is 905 g/mol. The van der Waals surface area contributed by atoms with E-state index in [-0.39, 0.29) is 5.41 Å². The van der Waals surface area contributed by atoms with E-state index in [9.17, 15) is 0 Å². The van der Waals surface area contributed by atoms with Crippen LogP contribution in [-0.4, -0.2) is 0 Å². The fraction of sp³-hybridized carbons (Fsp3) is 0.0571. The molecule has 0 heterocycles. The van der Waals surface area contributed by atoms with Crippen LogP contribution in [-0.2, 0) is 10.8 Å². The summed E-state index contributed by atoms with van der Waals surface area (Å²) in [6.07, 6.45) is 0.